The fourth-order valence-corrected chi connectivity index (χ4v) is 2.25. The number of hydrogen-bond acceptors (Lipinski definition) is 4. The number of hydrogen-bond donors (Lipinski definition) is 2. The maximum atomic E-state index is 4.56. The topological polar surface area (TPSA) is 49.8 Å². The van der Waals surface area contributed by atoms with Crippen LogP contribution in [0.25, 0.3) is 10.9 Å². The molecule has 0 aliphatic rings. The van der Waals surface area contributed by atoms with Gasteiger partial charge in [-0.3, -0.25) is 0 Å². The van der Waals surface area contributed by atoms with Crippen molar-refractivity contribution in [1.29, 1.82) is 0 Å². The zero-order valence-electron chi connectivity index (χ0n) is 12.4. The van der Waals surface area contributed by atoms with Crippen molar-refractivity contribution in [3.05, 3.63) is 28.9 Å². The summed E-state index contributed by atoms with van der Waals surface area (Å²) in [6.45, 7) is 9.41. The molecule has 1 aromatic heterocycles. The minimum Gasteiger partial charge on any atom is -0.348 e. The lowest BCUT2D eigenvalue weighted by Gasteiger charge is -2.27. The van der Waals surface area contributed by atoms with Gasteiger partial charge in [0.15, 0.2) is 0 Å². The molecular formula is C15H21BrN4. The molecule has 2 rings (SSSR count). The van der Waals surface area contributed by atoms with Gasteiger partial charge >= 0.3 is 0 Å². The highest BCUT2D eigenvalue weighted by Gasteiger charge is 2.18. The summed E-state index contributed by atoms with van der Waals surface area (Å²) in [5, 5.41) is 7.84. The molecule has 2 N–H and O–H groups in total. The van der Waals surface area contributed by atoms with Gasteiger partial charge in [0.05, 0.1) is 5.52 Å². The zero-order chi connectivity index (χ0) is 14.8. The molecule has 0 atom stereocenters. The van der Waals surface area contributed by atoms with Gasteiger partial charge in [-0.15, -0.1) is 0 Å². The Labute approximate surface area is 128 Å². The third-order valence-electron chi connectivity index (χ3n) is 2.94. The molecule has 2 aromatic rings. The van der Waals surface area contributed by atoms with Gasteiger partial charge in [0, 0.05) is 34.2 Å². The van der Waals surface area contributed by atoms with Crippen molar-refractivity contribution >= 4 is 32.8 Å². The number of halogens is 1. The molecule has 0 saturated heterocycles. The summed E-state index contributed by atoms with van der Waals surface area (Å²) in [6, 6.07) is 6.46. The first kappa shape index (κ1) is 15.2. The van der Waals surface area contributed by atoms with Crippen LogP contribution in [0, 0.1) is 0 Å². The van der Waals surface area contributed by atoms with Crippen molar-refractivity contribution in [1.82, 2.24) is 15.3 Å². The smallest absolute Gasteiger partial charge is 0.223 e. The van der Waals surface area contributed by atoms with E-state index in [4.69, 9.17) is 0 Å². The van der Waals surface area contributed by atoms with Gasteiger partial charge in [-0.2, -0.15) is 0 Å². The van der Waals surface area contributed by atoms with E-state index < -0.39 is 0 Å². The summed E-state index contributed by atoms with van der Waals surface area (Å²) in [4.78, 5) is 8.95. The molecule has 0 bridgehead atoms. The molecule has 1 heterocycles. The Hall–Kier alpha value is -1.20. The van der Waals surface area contributed by atoms with Crippen molar-refractivity contribution in [3.63, 3.8) is 0 Å². The van der Waals surface area contributed by atoms with Crippen LogP contribution in [0.3, 0.4) is 0 Å². The summed E-state index contributed by atoms with van der Waals surface area (Å²) in [5.74, 6) is 0.662. The van der Waals surface area contributed by atoms with Crippen LogP contribution < -0.4 is 10.6 Å². The van der Waals surface area contributed by atoms with E-state index in [0.717, 1.165) is 21.9 Å². The Balaban J connectivity index is 2.15. The normalized spacial score (nSPS) is 12.1. The monoisotopic (exact) mass is 336 g/mol. The standard InChI is InChI=1S/C15H21BrN4/c1-10(2)18-9-15(3,4)20-14-17-8-11-7-12(16)5-6-13(11)19-14/h5-8,10,18H,9H2,1-4H3,(H,17,19,20). The van der Waals surface area contributed by atoms with Crippen molar-refractivity contribution in [2.45, 2.75) is 39.3 Å². The van der Waals surface area contributed by atoms with Gasteiger partial charge in [-0.05, 0) is 32.0 Å². The Bertz CT molecular complexity index is 595. The van der Waals surface area contributed by atoms with E-state index >= 15 is 0 Å². The highest BCUT2D eigenvalue weighted by molar-refractivity contribution is 9.10. The summed E-state index contributed by atoms with van der Waals surface area (Å²) < 4.78 is 1.04. The predicted molar refractivity (Wildman–Crippen MR) is 88.1 cm³/mol. The summed E-state index contributed by atoms with van der Waals surface area (Å²) >= 11 is 3.45. The third-order valence-corrected chi connectivity index (χ3v) is 3.44. The Kier molecular flexibility index (Phi) is 4.60. The Morgan fingerprint density at radius 3 is 2.75 bits per heavy atom. The van der Waals surface area contributed by atoms with Crippen LogP contribution in [0.2, 0.25) is 0 Å². The van der Waals surface area contributed by atoms with E-state index in [2.05, 4.69) is 64.2 Å². The van der Waals surface area contributed by atoms with Crippen LogP contribution in [0.1, 0.15) is 27.7 Å². The van der Waals surface area contributed by atoms with Gasteiger partial charge in [0.25, 0.3) is 0 Å². The van der Waals surface area contributed by atoms with Gasteiger partial charge < -0.3 is 10.6 Å². The average molecular weight is 337 g/mol. The molecule has 5 heteroatoms. The fourth-order valence-electron chi connectivity index (χ4n) is 1.87. The van der Waals surface area contributed by atoms with E-state index in [-0.39, 0.29) is 5.54 Å². The molecule has 0 fully saturated rings. The quantitative estimate of drug-likeness (QED) is 0.876. The molecule has 0 saturated carbocycles. The molecule has 1 aromatic carbocycles. The van der Waals surface area contributed by atoms with Gasteiger partial charge in [-0.1, -0.05) is 29.8 Å². The van der Waals surface area contributed by atoms with Crippen LogP contribution in [0.4, 0.5) is 5.95 Å². The van der Waals surface area contributed by atoms with E-state index in [0.29, 0.717) is 12.0 Å². The summed E-state index contributed by atoms with van der Waals surface area (Å²) in [5.41, 5.74) is 0.839. The average Bonchev–Trinajstić information content (AvgIpc) is 2.36. The number of rotatable bonds is 5. The van der Waals surface area contributed by atoms with Crippen molar-refractivity contribution in [3.8, 4) is 0 Å². The van der Waals surface area contributed by atoms with E-state index in [1.54, 1.807) is 0 Å². The number of anilines is 1. The maximum Gasteiger partial charge on any atom is 0.223 e. The number of aromatic nitrogens is 2. The second kappa shape index (κ2) is 6.06. The number of benzene rings is 1. The predicted octanol–water partition coefficient (Wildman–Crippen LogP) is 3.58. The molecule has 0 amide bonds. The Morgan fingerprint density at radius 2 is 2.05 bits per heavy atom. The van der Waals surface area contributed by atoms with Crippen molar-refractivity contribution in [2.24, 2.45) is 0 Å². The zero-order valence-corrected chi connectivity index (χ0v) is 14.0. The minimum atomic E-state index is -0.104. The largest absolute Gasteiger partial charge is 0.348 e. The molecule has 0 aliphatic heterocycles. The van der Waals surface area contributed by atoms with Crippen molar-refractivity contribution in [2.75, 3.05) is 11.9 Å². The third kappa shape index (κ3) is 4.15. The fraction of sp³-hybridized carbons (Fsp3) is 0.467. The molecule has 20 heavy (non-hydrogen) atoms. The maximum absolute atomic E-state index is 4.56. The molecule has 0 radical (unpaired) electrons. The second-order valence-electron chi connectivity index (χ2n) is 5.94. The lowest BCUT2D eigenvalue weighted by Crippen LogP contribution is -2.44. The van der Waals surface area contributed by atoms with Crippen LogP contribution in [-0.4, -0.2) is 28.1 Å². The molecule has 0 spiro atoms. The van der Waals surface area contributed by atoms with Crippen LogP contribution >= 0.6 is 15.9 Å². The highest BCUT2D eigenvalue weighted by Crippen LogP contribution is 2.19. The first-order chi connectivity index (χ1) is 9.35. The Morgan fingerprint density at radius 1 is 1.30 bits per heavy atom. The molecule has 0 unspecified atom stereocenters. The number of nitrogens with zero attached hydrogens (tertiary/aromatic N) is 2. The van der Waals surface area contributed by atoms with E-state index in [1.807, 2.05) is 24.4 Å². The SMILES string of the molecule is CC(C)NCC(C)(C)Nc1ncc2cc(Br)ccc2n1. The van der Waals surface area contributed by atoms with E-state index in [9.17, 15) is 0 Å². The first-order valence-corrected chi connectivity index (χ1v) is 7.59. The van der Waals surface area contributed by atoms with Gasteiger partial charge in [-0.25, -0.2) is 9.97 Å². The van der Waals surface area contributed by atoms with Crippen LogP contribution in [-0.2, 0) is 0 Å². The van der Waals surface area contributed by atoms with Crippen LogP contribution in [0.5, 0.6) is 0 Å². The molecular weight excluding hydrogens is 316 g/mol. The number of fused-ring (bicyclic) bond motifs is 1. The molecule has 0 aliphatic carbocycles. The summed E-state index contributed by atoms with van der Waals surface area (Å²) in [7, 11) is 0. The molecule has 108 valence electrons. The summed E-state index contributed by atoms with van der Waals surface area (Å²) in [6.07, 6.45) is 1.85. The lowest BCUT2D eigenvalue weighted by atomic mass is 10.1. The number of nitrogens with one attached hydrogen (secondary N) is 2. The van der Waals surface area contributed by atoms with Gasteiger partial charge in [0.1, 0.15) is 0 Å². The first-order valence-electron chi connectivity index (χ1n) is 6.80. The van der Waals surface area contributed by atoms with Crippen LogP contribution in [0.15, 0.2) is 28.9 Å². The lowest BCUT2D eigenvalue weighted by molar-refractivity contribution is 0.466. The van der Waals surface area contributed by atoms with Crippen molar-refractivity contribution < 1.29 is 0 Å². The van der Waals surface area contributed by atoms with E-state index in [1.165, 1.54) is 0 Å². The highest BCUT2D eigenvalue weighted by atomic mass is 79.9. The molecule has 4 nitrogen and oxygen atoms in total. The minimum absolute atomic E-state index is 0.104. The second-order valence-corrected chi connectivity index (χ2v) is 6.86. The van der Waals surface area contributed by atoms with Gasteiger partial charge in [0.2, 0.25) is 5.95 Å².